The first-order chi connectivity index (χ1) is 21.3. The van der Waals surface area contributed by atoms with Gasteiger partial charge in [-0.15, -0.1) is 0 Å². The summed E-state index contributed by atoms with van der Waals surface area (Å²) in [4.78, 5) is 38.8. The van der Waals surface area contributed by atoms with Gasteiger partial charge >= 0.3 is 0 Å². The molecule has 1 aromatic carbocycles. The van der Waals surface area contributed by atoms with Crippen molar-refractivity contribution < 1.29 is 18.0 Å². The Bertz CT molecular complexity index is 1990. The van der Waals surface area contributed by atoms with Crippen LogP contribution in [0.1, 0.15) is 36.6 Å². The fourth-order valence-electron chi connectivity index (χ4n) is 5.50. The number of carbonyl (C=O) groups is 1. The topological polar surface area (TPSA) is 121 Å². The molecule has 45 heavy (non-hydrogen) atoms. The van der Waals surface area contributed by atoms with Crippen molar-refractivity contribution in [3.8, 4) is 23.0 Å². The molecular formula is C31H26Cl2F3N7O2. The van der Waals surface area contributed by atoms with E-state index >= 15 is 8.78 Å². The molecular weight excluding hydrogens is 630 g/mol. The molecule has 5 rings (SSSR count). The fourth-order valence-corrected chi connectivity index (χ4v) is 5.92. The Morgan fingerprint density at radius 3 is 2.40 bits per heavy atom. The van der Waals surface area contributed by atoms with E-state index in [9.17, 15) is 19.2 Å². The third kappa shape index (κ3) is 5.15. The molecule has 0 bridgehead atoms. The van der Waals surface area contributed by atoms with Gasteiger partial charge in [0.1, 0.15) is 22.3 Å². The second-order valence-corrected chi connectivity index (χ2v) is 11.5. The number of nitrogens with zero attached hydrogens (tertiary/aromatic N) is 6. The number of pyridine rings is 3. The van der Waals surface area contributed by atoms with Crippen LogP contribution in [-0.4, -0.2) is 51.5 Å². The number of nitriles is 1. The number of nitrogens with two attached hydrogens (primary N) is 1. The monoisotopic (exact) mass is 655 g/mol. The molecule has 14 heteroatoms. The highest BCUT2D eigenvalue weighted by Crippen LogP contribution is 2.41. The smallest absolute Gasteiger partial charge is 0.276 e. The van der Waals surface area contributed by atoms with E-state index in [-0.39, 0.29) is 65.3 Å². The second kappa shape index (κ2) is 12.1. The number of carbonyl (C=O) groups excluding carboxylic acids is 1. The summed E-state index contributed by atoms with van der Waals surface area (Å²) in [5.74, 6) is -5.13. The van der Waals surface area contributed by atoms with E-state index in [4.69, 9.17) is 28.9 Å². The lowest BCUT2D eigenvalue weighted by Gasteiger charge is -2.36. The third-order valence-electron chi connectivity index (χ3n) is 7.73. The van der Waals surface area contributed by atoms with E-state index in [1.807, 2.05) is 19.9 Å². The minimum absolute atomic E-state index is 0.122. The lowest BCUT2D eigenvalue weighted by atomic mass is 10.0. The van der Waals surface area contributed by atoms with Gasteiger partial charge in [0.15, 0.2) is 17.5 Å². The molecule has 0 atom stereocenters. The molecule has 1 aliphatic heterocycles. The summed E-state index contributed by atoms with van der Waals surface area (Å²) < 4.78 is 46.6. The quantitative estimate of drug-likeness (QED) is 0.123. The largest absolute Gasteiger partial charge is 0.395 e. The second-order valence-electron chi connectivity index (χ2n) is 10.7. The Labute approximate surface area is 265 Å². The van der Waals surface area contributed by atoms with Crippen LogP contribution < -0.4 is 16.2 Å². The SMILES string of the molecule is C=CC(=O)N1CCN(c2c(C#N)c(=O)n(-c3c(C)ccnc3C(C)C)c3nc(-c4c(F)c(N)c(Cl)c(F)c4F)c(Cl)cc23)CC1. The molecule has 0 unspecified atom stereocenters. The zero-order valence-corrected chi connectivity index (χ0v) is 25.9. The van der Waals surface area contributed by atoms with E-state index in [2.05, 4.69) is 16.5 Å². The van der Waals surface area contributed by atoms with Crippen molar-refractivity contribution in [1.29, 1.82) is 5.26 Å². The Morgan fingerprint density at radius 2 is 1.80 bits per heavy atom. The van der Waals surface area contributed by atoms with Crippen molar-refractivity contribution in [2.45, 2.75) is 26.7 Å². The number of piperazine rings is 1. The summed E-state index contributed by atoms with van der Waals surface area (Å²) in [6.07, 6.45) is 2.77. The molecule has 4 aromatic rings. The highest BCUT2D eigenvalue weighted by molar-refractivity contribution is 6.35. The minimum atomic E-state index is -1.67. The summed E-state index contributed by atoms with van der Waals surface area (Å²) >= 11 is 12.3. The molecule has 2 N–H and O–H groups in total. The Balaban J connectivity index is 1.93. The van der Waals surface area contributed by atoms with Crippen LogP contribution in [0.4, 0.5) is 24.5 Å². The molecule has 3 aromatic heterocycles. The maximum absolute atomic E-state index is 15.4. The van der Waals surface area contributed by atoms with Gasteiger partial charge in [-0.05, 0) is 36.6 Å². The summed E-state index contributed by atoms with van der Waals surface area (Å²) in [7, 11) is 0. The maximum atomic E-state index is 15.4. The van der Waals surface area contributed by atoms with Gasteiger partial charge in [-0.3, -0.25) is 19.1 Å². The highest BCUT2D eigenvalue weighted by Gasteiger charge is 2.31. The van der Waals surface area contributed by atoms with Crippen LogP contribution in [0.2, 0.25) is 10.0 Å². The van der Waals surface area contributed by atoms with Crippen molar-refractivity contribution >= 4 is 51.5 Å². The third-order valence-corrected chi connectivity index (χ3v) is 8.39. The molecule has 1 saturated heterocycles. The lowest BCUT2D eigenvalue weighted by Crippen LogP contribution is -2.49. The van der Waals surface area contributed by atoms with Crippen LogP contribution in [0.3, 0.4) is 0 Å². The number of hydrogen-bond acceptors (Lipinski definition) is 7. The van der Waals surface area contributed by atoms with Crippen molar-refractivity contribution in [3.63, 3.8) is 0 Å². The van der Waals surface area contributed by atoms with Crippen LogP contribution in [0.15, 0.2) is 35.8 Å². The molecule has 0 saturated carbocycles. The van der Waals surface area contributed by atoms with Gasteiger partial charge in [-0.2, -0.15) is 5.26 Å². The van der Waals surface area contributed by atoms with Crippen molar-refractivity contribution in [3.05, 3.63) is 85.7 Å². The number of benzene rings is 1. The zero-order chi connectivity index (χ0) is 32.9. The van der Waals surface area contributed by atoms with Gasteiger partial charge in [-0.25, -0.2) is 18.2 Å². The van der Waals surface area contributed by atoms with E-state index in [1.165, 1.54) is 12.1 Å². The van der Waals surface area contributed by atoms with Gasteiger partial charge in [0.25, 0.3) is 5.56 Å². The van der Waals surface area contributed by atoms with E-state index in [1.54, 1.807) is 29.0 Å². The van der Waals surface area contributed by atoms with E-state index < -0.39 is 45.0 Å². The molecule has 232 valence electrons. The van der Waals surface area contributed by atoms with Crippen LogP contribution in [0, 0.1) is 35.7 Å². The van der Waals surface area contributed by atoms with Gasteiger partial charge in [-0.1, -0.05) is 43.6 Å². The average Bonchev–Trinajstić information content (AvgIpc) is 3.02. The molecule has 0 spiro atoms. The highest BCUT2D eigenvalue weighted by atomic mass is 35.5. The first-order valence-electron chi connectivity index (χ1n) is 13.8. The predicted molar refractivity (Wildman–Crippen MR) is 167 cm³/mol. The summed E-state index contributed by atoms with van der Waals surface area (Å²) in [5, 5.41) is 9.29. The number of fused-ring (bicyclic) bond motifs is 1. The average molecular weight is 656 g/mol. The molecule has 1 aliphatic rings. The number of aromatic nitrogens is 3. The number of rotatable bonds is 5. The Hall–Kier alpha value is -4.60. The number of aryl methyl sites for hydroxylation is 1. The van der Waals surface area contributed by atoms with Gasteiger partial charge in [0, 0.05) is 37.8 Å². The number of hydrogen-bond donors (Lipinski definition) is 1. The normalized spacial score (nSPS) is 13.4. The number of amides is 1. The maximum Gasteiger partial charge on any atom is 0.276 e. The van der Waals surface area contributed by atoms with Crippen LogP contribution in [0.5, 0.6) is 0 Å². The van der Waals surface area contributed by atoms with Crippen molar-refractivity contribution in [2.75, 3.05) is 36.8 Å². The standard InChI is InChI=1S/C31H26Cl2F3N7O2/c1-5-19(44)41-8-10-42(11-9-41)29-16-12-18(32)27(20-22(34)24(36)21(33)25(38)23(20)35)40-30(16)43(31(45)17(29)13-37)28-15(4)6-7-39-26(28)14(2)3/h5-7,12,14H,1,8-11,38H2,2-4H3. The van der Waals surface area contributed by atoms with Gasteiger partial charge in [0.05, 0.1) is 39.0 Å². The van der Waals surface area contributed by atoms with Crippen molar-refractivity contribution in [1.82, 2.24) is 19.4 Å². The summed E-state index contributed by atoms with van der Waals surface area (Å²) in [6.45, 7) is 9.97. The van der Waals surface area contributed by atoms with Gasteiger partial charge < -0.3 is 15.5 Å². The van der Waals surface area contributed by atoms with E-state index in [0.29, 0.717) is 16.9 Å². The van der Waals surface area contributed by atoms with Crippen molar-refractivity contribution in [2.24, 2.45) is 0 Å². The Morgan fingerprint density at radius 1 is 1.13 bits per heavy atom. The minimum Gasteiger partial charge on any atom is -0.395 e. The molecule has 0 aliphatic carbocycles. The van der Waals surface area contributed by atoms with Crippen LogP contribution in [0.25, 0.3) is 28.0 Å². The number of anilines is 2. The lowest BCUT2D eigenvalue weighted by molar-refractivity contribution is -0.126. The first-order valence-corrected chi connectivity index (χ1v) is 14.5. The predicted octanol–water partition coefficient (Wildman–Crippen LogP) is 5.89. The number of nitrogen functional groups attached to an aromatic ring is 1. The summed E-state index contributed by atoms with van der Waals surface area (Å²) in [5.41, 5.74) is 3.73. The fraction of sp³-hybridized carbons (Fsp3) is 0.258. The summed E-state index contributed by atoms with van der Waals surface area (Å²) in [6, 6.07) is 5.00. The van der Waals surface area contributed by atoms with Gasteiger partial charge in [0.2, 0.25) is 5.91 Å². The zero-order valence-electron chi connectivity index (χ0n) is 24.4. The molecule has 9 nitrogen and oxygen atoms in total. The number of halogens is 5. The molecule has 0 radical (unpaired) electrons. The van der Waals surface area contributed by atoms with Crippen LogP contribution in [-0.2, 0) is 4.79 Å². The molecule has 1 amide bonds. The first kappa shape index (κ1) is 31.8. The Kier molecular flexibility index (Phi) is 8.53. The molecule has 1 fully saturated rings. The molecule has 4 heterocycles. The van der Waals surface area contributed by atoms with Crippen LogP contribution >= 0.6 is 23.2 Å². The van der Waals surface area contributed by atoms with E-state index in [0.717, 1.165) is 4.57 Å².